The van der Waals surface area contributed by atoms with Gasteiger partial charge in [0.25, 0.3) is 0 Å². The molecule has 2 fully saturated rings. The maximum Gasteiger partial charge on any atom is 0.0738 e. The standard InChI is InChI=1S/C16H26BrN3/c1-10-16(17)15(20(3)19-10)9-14(18-2)8-13-7-11-4-5-12(13)6-11/h11-14,18H,4-9H2,1-3H3. The molecular weight excluding hydrogens is 314 g/mol. The van der Waals surface area contributed by atoms with Gasteiger partial charge >= 0.3 is 0 Å². The minimum absolute atomic E-state index is 0.574. The summed E-state index contributed by atoms with van der Waals surface area (Å²) in [5.74, 6) is 3.03. The largest absolute Gasteiger partial charge is 0.317 e. The average molecular weight is 340 g/mol. The van der Waals surface area contributed by atoms with Gasteiger partial charge < -0.3 is 5.32 Å². The molecule has 4 heteroatoms. The maximum atomic E-state index is 4.51. The molecule has 0 aliphatic heterocycles. The fourth-order valence-corrected chi connectivity index (χ4v) is 4.97. The molecule has 0 amide bonds. The Morgan fingerprint density at radius 1 is 1.40 bits per heavy atom. The third kappa shape index (κ3) is 2.69. The minimum atomic E-state index is 0.574. The summed E-state index contributed by atoms with van der Waals surface area (Å²) in [4.78, 5) is 0. The van der Waals surface area contributed by atoms with Crippen LogP contribution in [0.5, 0.6) is 0 Å². The van der Waals surface area contributed by atoms with Gasteiger partial charge in [-0.3, -0.25) is 4.68 Å². The number of aryl methyl sites for hydroxylation is 2. The van der Waals surface area contributed by atoms with Gasteiger partial charge in [0.1, 0.15) is 0 Å². The van der Waals surface area contributed by atoms with E-state index < -0.39 is 0 Å². The Morgan fingerprint density at radius 3 is 2.70 bits per heavy atom. The zero-order valence-electron chi connectivity index (χ0n) is 12.8. The van der Waals surface area contributed by atoms with E-state index in [9.17, 15) is 0 Å². The highest BCUT2D eigenvalue weighted by molar-refractivity contribution is 9.10. The summed E-state index contributed by atoms with van der Waals surface area (Å²) >= 11 is 3.69. The lowest BCUT2D eigenvalue weighted by Crippen LogP contribution is -2.32. The van der Waals surface area contributed by atoms with Gasteiger partial charge in [-0.05, 0) is 73.3 Å². The Morgan fingerprint density at radius 2 is 2.20 bits per heavy atom. The summed E-state index contributed by atoms with van der Waals surface area (Å²) in [5, 5.41) is 8.05. The first kappa shape index (κ1) is 14.6. The highest BCUT2D eigenvalue weighted by Gasteiger charge is 2.40. The molecule has 0 radical (unpaired) electrons. The molecule has 112 valence electrons. The number of nitrogens with zero attached hydrogens (tertiary/aromatic N) is 2. The summed E-state index contributed by atoms with van der Waals surface area (Å²) in [6.07, 6.45) is 8.37. The molecule has 2 saturated carbocycles. The fraction of sp³-hybridized carbons (Fsp3) is 0.812. The number of rotatable bonds is 5. The van der Waals surface area contributed by atoms with Crippen LogP contribution in [0.2, 0.25) is 0 Å². The number of aromatic nitrogens is 2. The van der Waals surface area contributed by atoms with E-state index in [1.54, 1.807) is 0 Å². The molecule has 20 heavy (non-hydrogen) atoms. The van der Waals surface area contributed by atoms with Gasteiger partial charge in [0, 0.05) is 19.5 Å². The third-order valence-corrected chi connectivity index (χ3v) is 6.61. The lowest BCUT2D eigenvalue weighted by atomic mass is 9.83. The van der Waals surface area contributed by atoms with Gasteiger partial charge in [-0.15, -0.1) is 0 Å². The molecule has 3 nitrogen and oxygen atoms in total. The first-order chi connectivity index (χ1) is 9.58. The van der Waals surface area contributed by atoms with Crippen molar-refractivity contribution in [1.29, 1.82) is 0 Å². The van der Waals surface area contributed by atoms with Crippen molar-refractivity contribution < 1.29 is 0 Å². The van der Waals surface area contributed by atoms with Crippen LogP contribution in [0.25, 0.3) is 0 Å². The highest BCUT2D eigenvalue weighted by atomic mass is 79.9. The molecule has 3 rings (SSSR count). The Labute approximate surface area is 130 Å². The van der Waals surface area contributed by atoms with Crippen LogP contribution >= 0.6 is 15.9 Å². The second kappa shape index (κ2) is 5.80. The van der Waals surface area contributed by atoms with Gasteiger partial charge in [-0.2, -0.15) is 5.10 Å². The van der Waals surface area contributed by atoms with Crippen molar-refractivity contribution in [1.82, 2.24) is 15.1 Å². The molecule has 1 N–H and O–H groups in total. The van der Waals surface area contributed by atoms with Gasteiger partial charge in [-0.25, -0.2) is 0 Å². The Hall–Kier alpha value is -0.350. The second-order valence-electron chi connectivity index (χ2n) is 6.83. The van der Waals surface area contributed by atoms with Crippen molar-refractivity contribution in [2.24, 2.45) is 24.8 Å². The van der Waals surface area contributed by atoms with Crippen molar-refractivity contribution >= 4 is 15.9 Å². The van der Waals surface area contributed by atoms with Crippen molar-refractivity contribution in [3.63, 3.8) is 0 Å². The molecule has 1 aromatic heterocycles. The SMILES string of the molecule is CNC(Cc1c(Br)c(C)nn1C)CC1CC2CCC1C2. The summed E-state index contributed by atoms with van der Waals surface area (Å²) in [6, 6.07) is 0.574. The summed E-state index contributed by atoms with van der Waals surface area (Å²) in [7, 11) is 4.16. The first-order valence-corrected chi connectivity index (χ1v) is 8.73. The van der Waals surface area contributed by atoms with Crippen LogP contribution in [0.1, 0.15) is 43.5 Å². The minimum Gasteiger partial charge on any atom is -0.317 e. The molecule has 2 aliphatic carbocycles. The van der Waals surface area contributed by atoms with Crippen molar-refractivity contribution in [3.8, 4) is 0 Å². The Bertz CT molecular complexity index is 482. The molecule has 0 saturated heterocycles. The summed E-state index contributed by atoms with van der Waals surface area (Å²) in [5.41, 5.74) is 2.42. The zero-order valence-corrected chi connectivity index (χ0v) is 14.4. The molecule has 2 bridgehead atoms. The summed E-state index contributed by atoms with van der Waals surface area (Å²) < 4.78 is 3.22. The van der Waals surface area contributed by atoms with E-state index in [0.29, 0.717) is 6.04 Å². The molecule has 2 aliphatic rings. The van der Waals surface area contributed by atoms with E-state index in [0.717, 1.165) is 29.9 Å². The van der Waals surface area contributed by atoms with Crippen molar-refractivity contribution in [2.75, 3.05) is 7.05 Å². The molecule has 0 aromatic carbocycles. The smallest absolute Gasteiger partial charge is 0.0738 e. The predicted molar refractivity (Wildman–Crippen MR) is 85.8 cm³/mol. The summed E-state index contributed by atoms with van der Waals surface area (Å²) in [6.45, 7) is 2.07. The quantitative estimate of drug-likeness (QED) is 0.890. The Kier molecular flexibility index (Phi) is 4.23. The number of hydrogen-bond acceptors (Lipinski definition) is 2. The van der Waals surface area contributed by atoms with E-state index in [1.165, 1.54) is 42.3 Å². The van der Waals surface area contributed by atoms with Crippen molar-refractivity contribution in [2.45, 2.75) is 51.5 Å². The van der Waals surface area contributed by atoms with Crippen LogP contribution in [0.4, 0.5) is 0 Å². The van der Waals surface area contributed by atoms with Crippen LogP contribution in [0, 0.1) is 24.7 Å². The second-order valence-corrected chi connectivity index (χ2v) is 7.62. The number of likely N-dealkylation sites (N-methyl/N-ethyl adjacent to an activating group) is 1. The van der Waals surface area contributed by atoms with Gasteiger partial charge in [-0.1, -0.05) is 6.42 Å². The Balaban J connectivity index is 1.65. The number of fused-ring (bicyclic) bond motifs is 2. The number of hydrogen-bond donors (Lipinski definition) is 1. The molecule has 0 spiro atoms. The van der Waals surface area contributed by atoms with Crippen LogP contribution in [-0.2, 0) is 13.5 Å². The normalized spacial score (nSPS) is 30.1. The van der Waals surface area contributed by atoms with E-state index in [1.807, 2.05) is 4.68 Å². The van der Waals surface area contributed by atoms with E-state index >= 15 is 0 Å². The molecule has 1 aromatic rings. The van der Waals surface area contributed by atoms with Crippen molar-refractivity contribution in [3.05, 3.63) is 15.9 Å². The average Bonchev–Trinajstić information content (AvgIpc) is 3.09. The van der Waals surface area contributed by atoms with Gasteiger partial charge in [0.2, 0.25) is 0 Å². The topological polar surface area (TPSA) is 29.9 Å². The van der Waals surface area contributed by atoms with Crippen LogP contribution < -0.4 is 5.32 Å². The molecular formula is C16H26BrN3. The van der Waals surface area contributed by atoms with Gasteiger partial charge in [0.15, 0.2) is 0 Å². The van der Waals surface area contributed by atoms with E-state index in [2.05, 4.69) is 47.4 Å². The maximum absolute atomic E-state index is 4.51. The molecule has 4 atom stereocenters. The number of halogens is 1. The molecule has 1 heterocycles. The third-order valence-electron chi connectivity index (χ3n) is 5.58. The molecule has 4 unspecified atom stereocenters. The first-order valence-electron chi connectivity index (χ1n) is 7.93. The lowest BCUT2D eigenvalue weighted by molar-refractivity contribution is 0.280. The van der Waals surface area contributed by atoms with Crippen LogP contribution in [0.3, 0.4) is 0 Å². The zero-order chi connectivity index (χ0) is 14.3. The lowest BCUT2D eigenvalue weighted by Gasteiger charge is -2.26. The van der Waals surface area contributed by atoms with Gasteiger partial charge in [0.05, 0.1) is 15.9 Å². The number of nitrogens with one attached hydrogen (secondary N) is 1. The fourth-order valence-electron chi connectivity index (χ4n) is 4.47. The van der Waals surface area contributed by atoms with Crippen LogP contribution in [0.15, 0.2) is 4.47 Å². The van der Waals surface area contributed by atoms with E-state index in [4.69, 9.17) is 0 Å². The highest BCUT2D eigenvalue weighted by Crippen LogP contribution is 2.50. The monoisotopic (exact) mass is 339 g/mol. The van der Waals surface area contributed by atoms with Crippen LogP contribution in [-0.4, -0.2) is 22.9 Å². The van der Waals surface area contributed by atoms with E-state index in [-0.39, 0.29) is 0 Å². The predicted octanol–water partition coefficient (Wildman–Crippen LogP) is 3.45.